The van der Waals surface area contributed by atoms with Gasteiger partial charge in [0, 0.05) is 5.56 Å². The highest BCUT2D eigenvalue weighted by Gasteiger charge is 2.32. The van der Waals surface area contributed by atoms with E-state index in [1.54, 1.807) is 13.2 Å². The molecule has 2 aliphatic rings. The number of unbranched alkanes of at least 4 members (excludes halogenated alkanes) is 3. The van der Waals surface area contributed by atoms with Crippen LogP contribution in [-0.2, 0) is 0 Å². The number of nitrogens with zero attached hydrogens (tertiary/aromatic N) is 1. The van der Waals surface area contributed by atoms with Crippen LogP contribution in [0.1, 0.15) is 102 Å². The third-order valence-corrected chi connectivity index (χ3v) is 7.80. The Morgan fingerprint density at radius 1 is 1.00 bits per heavy atom. The minimum absolute atomic E-state index is 0.214. The zero-order chi connectivity index (χ0) is 21.3. The second kappa shape index (κ2) is 12.0. The SMILES string of the molecule is CCCCCCC1CCC(C2CCC(c3ccc(N=C=S)c(F)c3OC)CC2)CC1. The molecule has 0 spiro atoms. The molecule has 0 radical (unpaired) electrons. The molecule has 2 saturated carbocycles. The fourth-order valence-corrected chi connectivity index (χ4v) is 6.03. The van der Waals surface area contributed by atoms with Crippen molar-refractivity contribution in [2.24, 2.45) is 22.7 Å². The lowest BCUT2D eigenvalue weighted by atomic mass is 9.68. The Hall–Kier alpha value is -1.25. The maximum absolute atomic E-state index is 14.7. The first-order valence-electron chi connectivity index (χ1n) is 12.1. The van der Waals surface area contributed by atoms with Crippen LogP contribution >= 0.6 is 12.2 Å². The van der Waals surface area contributed by atoms with Gasteiger partial charge in [0.25, 0.3) is 0 Å². The summed E-state index contributed by atoms with van der Waals surface area (Å²) in [5.41, 5.74) is 1.21. The summed E-state index contributed by atoms with van der Waals surface area (Å²) in [6.07, 6.45) is 17.6. The van der Waals surface area contributed by atoms with Crippen molar-refractivity contribution in [3.63, 3.8) is 0 Å². The Balaban J connectivity index is 1.50. The molecule has 0 bridgehead atoms. The van der Waals surface area contributed by atoms with Crippen LogP contribution in [0.4, 0.5) is 10.1 Å². The van der Waals surface area contributed by atoms with E-state index in [1.165, 1.54) is 70.6 Å². The second-order valence-electron chi connectivity index (χ2n) is 9.47. The zero-order valence-electron chi connectivity index (χ0n) is 18.8. The number of isothiocyanates is 1. The van der Waals surface area contributed by atoms with Gasteiger partial charge in [0.15, 0.2) is 11.6 Å². The Kier molecular flexibility index (Phi) is 9.33. The molecule has 2 fully saturated rings. The van der Waals surface area contributed by atoms with E-state index in [4.69, 9.17) is 4.74 Å². The summed E-state index contributed by atoms with van der Waals surface area (Å²) in [6.45, 7) is 2.29. The van der Waals surface area contributed by atoms with Crippen LogP contribution in [0.5, 0.6) is 5.75 Å². The Morgan fingerprint density at radius 2 is 1.67 bits per heavy atom. The number of hydrogen-bond acceptors (Lipinski definition) is 3. The molecule has 0 N–H and O–H groups in total. The van der Waals surface area contributed by atoms with Gasteiger partial charge >= 0.3 is 0 Å². The molecule has 0 amide bonds. The minimum atomic E-state index is -0.410. The van der Waals surface area contributed by atoms with Crippen LogP contribution in [-0.4, -0.2) is 12.3 Å². The van der Waals surface area contributed by atoms with Gasteiger partial charge in [-0.2, -0.15) is 4.99 Å². The van der Waals surface area contributed by atoms with Crippen molar-refractivity contribution in [2.75, 3.05) is 7.11 Å². The molecule has 0 aliphatic heterocycles. The molecule has 2 aliphatic carbocycles. The van der Waals surface area contributed by atoms with Crippen LogP contribution in [0.2, 0.25) is 0 Å². The van der Waals surface area contributed by atoms with Gasteiger partial charge in [0.1, 0.15) is 5.69 Å². The highest BCUT2D eigenvalue weighted by molar-refractivity contribution is 7.78. The number of aliphatic imine (C=N–C) groups is 1. The van der Waals surface area contributed by atoms with Crippen LogP contribution in [0, 0.1) is 23.6 Å². The molecule has 166 valence electrons. The number of thiocarbonyl (C=S) groups is 1. The van der Waals surface area contributed by atoms with E-state index in [0.717, 1.165) is 36.2 Å². The van der Waals surface area contributed by atoms with E-state index in [-0.39, 0.29) is 5.69 Å². The van der Waals surface area contributed by atoms with Gasteiger partial charge in [-0.05, 0) is 80.5 Å². The number of methoxy groups -OCH3 is 1. The summed E-state index contributed by atoms with van der Waals surface area (Å²) >= 11 is 4.62. The molecule has 1 aromatic rings. The quantitative estimate of drug-likeness (QED) is 0.222. The highest BCUT2D eigenvalue weighted by atomic mass is 32.1. The molecule has 0 unspecified atom stereocenters. The summed E-state index contributed by atoms with van der Waals surface area (Å²) < 4.78 is 20.1. The smallest absolute Gasteiger partial charge is 0.191 e. The van der Waals surface area contributed by atoms with Gasteiger partial charge < -0.3 is 4.74 Å². The first-order chi connectivity index (χ1) is 14.7. The molecule has 0 atom stereocenters. The van der Waals surface area contributed by atoms with Crippen molar-refractivity contribution in [3.8, 4) is 5.75 Å². The van der Waals surface area contributed by atoms with E-state index >= 15 is 0 Å². The van der Waals surface area contributed by atoms with E-state index in [2.05, 4.69) is 29.3 Å². The number of hydrogen-bond donors (Lipinski definition) is 0. The normalized spacial score (nSPS) is 26.8. The highest BCUT2D eigenvalue weighted by Crippen LogP contribution is 2.47. The summed E-state index contributed by atoms with van der Waals surface area (Å²) in [6, 6.07) is 3.68. The maximum Gasteiger partial charge on any atom is 0.191 e. The van der Waals surface area contributed by atoms with E-state index in [1.807, 2.05) is 6.07 Å². The molecular weight excluding hydrogens is 393 g/mol. The van der Waals surface area contributed by atoms with E-state index < -0.39 is 5.82 Å². The van der Waals surface area contributed by atoms with Crippen molar-refractivity contribution < 1.29 is 9.13 Å². The molecule has 0 saturated heterocycles. The lowest BCUT2D eigenvalue weighted by molar-refractivity contribution is 0.155. The first-order valence-corrected chi connectivity index (χ1v) is 12.5. The molecule has 0 aromatic heterocycles. The third-order valence-electron chi connectivity index (χ3n) is 7.71. The standard InChI is InChI=1S/C26H38FNOS/c1-3-4-5-6-7-19-8-10-20(11-9-19)21-12-14-22(15-13-21)23-16-17-24(28-18-30)25(27)26(23)29-2/h16-17,19-22H,3-15H2,1-2H3. The van der Waals surface area contributed by atoms with E-state index in [9.17, 15) is 4.39 Å². The minimum Gasteiger partial charge on any atom is -0.493 e. The molecule has 1 aromatic carbocycles. The average molecular weight is 432 g/mol. The van der Waals surface area contributed by atoms with Gasteiger partial charge in [-0.25, -0.2) is 4.39 Å². The predicted octanol–water partition coefficient (Wildman–Crippen LogP) is 8.62. The predicted molar refractivity (Wildman–Crippen MR) is 127 cm³/mol. The third kappa shape index (κ3) is 5.92. The monoisotopic (exact) mass is 431 g/mol. The van der Waals surface area contributed by atoms with Crippen molar-refractivity contribution in [1.29, 1.82) is 0 Å². The van der Waals surface area contributed by atoms with Gasteiger partial charge in [-0.1, -0.05) is 57.9 Å². The summed E-state index contributed by atoms with van der Waals surface area (Å²) in [5, 5.41) is 2.25. The van der Waals surface area contributed by atoms with Crippen LogP contribution in [0.15, 0.2) is 17.1 Å². The molecular formula is C26H38FNOS. The lowest BCUT2D eigenvalue weighted by Crippen LogP contribution is -2.25. The molecule has 3 rings (SSSR count). The molecule has 0 heterocycles. The average Bonchev–Trinajstić information content (AvgIpc) is 2.79. The summed E-state index contributed by atoms with van der Waals surface area (Å²) in [5.74, 6) is 3.06. The molecule has 30 heavy (non-hydrogen) atoms. The maximum atomic E-state index is 14.7. The van der Waals surface area contributed by atoms with Crippen LogP contribution in [0.3, 0.4) is 0 Å². The second-order valence-corrected chi connectivity index (χ2v) is 9.65. The Morgan fingerprint density at radius 3 is 2.27 bits per heavy atom. The lowest BCUT2D eigenvalue weighted by Gasteiger charge is -2.38. The van der Waals surface area contributed by atoms with Crippen molar-refractivity contribution in [3.05, 3.63) is 23.5 Å². The fourth-order valence-electron chi connectivity index (χ4n) is 5.93. The van der Waals surface area contributed by atoms with Gasteiger partial charge in [0.2, 0.25) is 0 Å². The number of halogens is 1. The number of rotatable bonds is 9. The van der Waals surface area contributed by atoms with Crippen molar-refractivity contribution in [2.45, 2.75) is 96.3 Å². The van der Waals surface area contributed by atoms with Gasteiger partial charge in [-0.15, -0.1) is 0 Å². The largest absolute Gasteiger partial charge is 0.493 e. The van der Waals surface area contributed by atoms with Crippen molar-refractivity contribution in [1.82, 2.24) is 0 Å². The van der Waals surface area contributed by atoms with Crippen LogP contribution < -0.4 is 4.74 Å². The molecule has 4 heteroatoms. The Bertz CT molecular complexity index is 714. The topological polar surface area (TPSA) is 21.6 Å². The Labute approximate surface area is 187 Å². The van der Waals surface area contributed by atoms with E-state index in [0.29, 0.717) is 11.7 Å². The van der Waals surface area contributed by atoms with Gasteiger partial charge in [-0.3, -0.25) is 0 Å². The first kappa shape index (κ1) is 23.4. The number of benzene rings is 1. The van der Waals surface area contributed by atoms with Gasteiger partial charge in [0.05, 0.1) is 12.3 Å². The fraction of sp³-hybridized carbons (Fsp3) is 0.731. The zero-order valence-corrected chi connectivity index (χ0v) is 19.6. The summed E-state index contributed by atoms with van der Waals surface area (Å²) in [4.78, 5) is 3.82. The number of ether oxygens (including phenoxy) is 1. The van der Waals surface area contributed by atoms with Crippen LogP contribution in [0.25, 0.3) is 0 Å². The summed E-state index contributed by atoms with van der Waals surface area (Å²) in [7, 11) is 1.54. The van der Waals surface area contributed by atoms with Crippen molar-refractivity contribution >= 4 is 23.1 Å². The molecule has 2 nitrogen and oxygen atoms in total.